The molecule has 0 atom stereocenters. The number of rotatable bonds is 3. The minimum Gasteiger partial charge on any atom is -0.127 e. The molecule has 0 N–H and O–H groups in total. The van der Waals surface area contributed by atoms with Crippen LogP contribution in [0.15, 0.2) is 24.3 Å². The maximum absolute atomic E-state index is 5.62. The molecule has 1 fully saturated rings. The summed E-state index contributed by atoms with van der Waals surface area (Å²) in [4.78, 5) is 0. The lowest BCUT2D eigenvalue weighted by Crippen LogP contribution is -2.04. The third-order valence-electron chi connectivity index (χ3n) is 3.66. The third kappa shape index (κ3) is 4.07. The van der Waals surface area contributed by atoms with Crippen molar-refractivity contribution in [1.82, 2.24) is 0 Å². The average Bonchev–Trinajstić information content (AvgIpc) is 2.45. The molecular weight excluding hydrogens is 240 g/mol. The van der Waals surface area contributed by atoms with Gasteiger partial charge in [-0.2, -0.15) is 0 Å². The molecule has 0 heterocycles. The highest BCUT2D eigenvalue weighted by molar-refractivity contribution is 6.17. The van der Waals surface area contributed by atoms with E-state index in [4.69, 9.17) is 11.6 Å². The second kappa shape index (κ2) is 7.49. The first-order valence-electron chi connectivity index (χ1n) is 7.05. The normalized spacial score (nSPS) is 16.1. The fourth-order valence-electron chi connectivity index (χ4n) is 2.59. The lowest BCUT2D eigenvalue weighted by atomic mass is 9.84. The maximum atomic E-state index is 5.62. The van der Waals surface area contributed by atoms with E-state index in [2.05, 4.69) is 36.1 Å². The van der Waals surface area contributed by atoms with Crippen molar-refractivity contribution in [3.05, 3.63) is 35.4 Å². The van der Waals surface area contributed by atoms with Gasteiger partial charge in [-0.15, -0.1) is 11.6 Å². The van der Waals surface area contributed by atoms with E-state index in [1.807, 2.05) is 0 Å². The predicted octanol–water partition coefficient (Wildman–Crippen LogP) is 5.10. The monoisotopic (exact) mass is 260 g/mol. The molecule has 0 radical (unpaired) electrons. The first-order valence-corrected chi connectivity index (χ1v) is 7.58. The van der Waals surface area contributed by atoms with Crippen LogP contribution in [0, 0.1) is 11.8 Å². The zero-order valence-corrected chi connectivity index (χ0v) is 11.7. The smallest absolute Gasteiger partial charge is 0.0245 e. The maximum Gasteiger partial charge on any atom is 0.0245 e. The van der Waals surface area contributed by atoms with Crippen LogP contribution in [0.1, 0.15) is 62.0 Å². The van der Waals surface area contributed by atoms with Gasteiger partial charge < -0.3 is 0 Å². The van der Waals surface area contributed by atoms with E-state index in [9.17, 15) is 0 Å². The number of alkyl halides is 1. The van der Waals surface area contributed by atoms with Gasteiger partial charge in [0.25, 0.3) is 0 Å². The van der Waals surface area contributed by atoms with Gasteiger partial charge >= 0.3 is 0 Å². The van der Waals surface area contributed by atoms with Crippen molar-refractivity contribution in [3.8, 4) is 11.8 Å². The van der Waals surface area contributed by atoms with E-state index >= 15 is 0 Å². The number of halogens is 1. The number of hydrogen-bond acceptors (Lipinski definition) is 0. The Morgan fingerprint density at radius 3 is 2.44 bits per heavy atom. The minimum atomic E-state index is 0.704. The molecule has 18 heavy (non-hydrogen) atoms. The van der Waals surface area contributed by atoms with Crippen molar-refractivity contribution in [3.63, 3.8) is 0 Å². The molecular formula is C17H21Cl. The SMILES string of the molecule is ClCCCC#Cc1ccc(C2CCCCC2)cc1. The van der Waals surface area contributed by atoms with Crippen LogP contribution < -0.4 is 0 Å². The molecule has 1 heteroatoms. The van der Waals surface area contributed by atoms with Crippen LogP contribution >= 0.6 is 11.6 Å². The van der Waals surface area contributed by atoms with E-state index in [0.29, 0.717) is 5.88 Å². The minimum absolute atomic E-state index is 0.704. The van der Waals surface area contributed by atoms with Crippen LogP contribution in [0.3, 0.4) is 0 Å². The van der Waals surface area contributed by atoms with E-state index < -0.39 is 0 Å². The van der Waals surface area contributed by atoms with Crippen molar-refractivity contribution in [2.45, 2.75) is 50.9 Å². The van der Waals surface area contributed by atoms with Gasteiger partial charge in [0.15, 0.2) is 0 Å². The van der Waals surface area contributed by atoms with Crippen molar-refractivity contribution in [2.24, 2.45) is 0 Å². The van der Waals surface area contributed by atoms with Crippen LogP contribution in [0.4, 0.5) is 0 Å². The number of unbranched alkanes of at least 4 members (excludes halogenated alkanes) is 1. The Kier molecular flexibility index (Phi) is 5.62. The highest BCUT2D eigenvalue weighted by atomic mass is 35.5. The lowest BCUT2D eigenvalue weighted by molar-refractivity contribution is 0.443. The number of benzene rings is 1. The molecule has 1 aliphatic carbocycles. The van der Waals surface area contributed by atoms with Crippen LogP contribution in [-0.2, 0) is 0 Å². The van der Waals surface area contributed by atoms with Crippen molar-refractivity contribution in [1.29, 1.82) is 0 Å². The Bertz CT molecular complexity index is 401. The van der Waals surface area contributed by atoms with E-state index in [1.165, 1.54) is 37.7 Å². The summed E-state index contributed by atoms with van der Waals surface area (Å²) in [6.45, 7) is 0. The zero-order chi connectivity index (χ0) is 12.6. The van der Waals surface area contributed by atoms with Crippen molar-refractivity contribution < 1.29 is 0 Å². The van der Waals surface area contributed by atoms with Gasteiger partial charge in [-0.05, 0) is 42.9 Å². The third-order valence-corrected chi connectivity index (χ3v) is 3.92. The highest BCUT2D eigenvalue weighted by Crippen LogP contribution is 2.32. The standard InChI is InChI=1S/C17H21Cl/c18-14-6-2-3-7-15-10-12-17(13-11-15)16-8-4-1-5-9-16/h10-13,16H,1-2,4-6,8-9,14H2. The molecule has 1 saturated carbocycles. The first-order chi connectivity index (χ1) is 8.90. The van der Waals surface area contributed by atoms with Crippen molar-refractivity contribution in [2.75, 3.05) is 5.88 Å². The molecule has 1 aliphatic rings. The quantitative estimate of drug-likeness (QED) is 0.403. The van der Waals surface area contributed by atoms with Gasteiger partial charge in [0.2, 0.25) is 0 Å². The molecule has 96 valence electrons. The fourth-order valence-corrected chi connectivity index (χ4v) is 2.73. The van der Waals surface area contributed by atoms with Gasteiger partial charge in [-0.25, -0.2) is 0 Å². The molecule has 0 nitrogen and oxygen atoms in total. The molecule has 1 aromatic carbocycles. The zero-order valence-electron chi connectivity index (χ0n) is 10.9. The van der Waals surface area contributed by atoms with E-state index in [-0.39, 0.29) is 0 Å². The van der Waals surface area contributed by atoms with Crippen molar-refractivity contribution >= 4 is 11.6 Å². The van der Waals surface area contributed by atoms with Gasteiger partial charge in [0.05, 0.1) is 0 Å². The van der Waals surface area contributed by atoms with E-state index in [1.54, 1.807) is 0 Å². The average molecular weight is 261 g/mol. The second-order valence-corrected chi connectivity index (χ2v) is 5.43. The molecule has 0 aromatic heterocycles. The predicted molar refractivity (Wildman–Crippen MR) is 79.1 cm³/mol. The topological polar surface area (TPSA) is 0 Å². The first kappa shape index (κ1) is 13.5. The van der Waals surface area contributed by atoms with Gasteiger partial charge in [-0.3, -0.25) is 0 Å². The van der Waals surface area contributed by atoms with Crippen LogP contribution in [0.25, 0.3) is 0 Å². The second-order valence-electron chi connectivity index (χ2n) is 5.05. The Labute approximate surface area is 116 Å². The van der Waals surface area contributed by atoms with Gasteiger partial charge in [0.1, 0.15) is 0 Å². The fraction of sp³-hybridized carbons (Fsp3) is 0.529. The van der Waals surface area contributed by atoms with E-state index in [0.717, 1.165) is 24.3 Å². The summed E-state index contributed by atoms with van der Waals surface area (Å²) in [6.07, 6.45) is 8.81. The Hall–Kier alpha value is -0.930. The number of hydrogen-bond donors (Lipinski definition) is 0. The molecule has 0 bridgehead atoms. The molecule has 0 saturated heterocycles. The van der Waals surface area contributed by atoms with Crippen LogP contribution in [-0.4, -0.2) is 5.88 Å². The molecule has 0 amide bonds. The highest BCUT2D eigenvalue weighted by Gasteiger charge is 2.14. The summed E-state index contributed by atoms with van der Waals surface area (Å²) in [7, 11) is 0. The summed E-state index contributed by atoms with van der Waals surface area (Å²) in [5, 5.41) is 0. The Balaban J connectivity index is 1.93. The lowest BCUT2D eigenvalue weighted by Gasteiger charge is -2.21. The van der Waals surface area contributed by atoms with Crippen LogP contribution in [0.5, 0.6) is 0 Å². The molecule has 0 aliphatic heterocycles. The molecule has 0 unspecified atom stereocenters. The Morgan fingerprint density at radius 1 is 1.06 bits per heavy atom. The summed E-state index contributed by atoms with van der Waals surface area (Å²) < 4.78 is 0. The summed E-state index contributed by atoms with van der Waals surface area (Å²) in [5.74, 6) is 7.86. The van der Waals surface area contributed by atoms with Gasteiger partial charge in [-0.1, -0.05) is 43.2 Å². The summed E-state index contributed by atoms with van der Waals surface area (Å²) >= 11 is 5.62. The summed E-state index contributed by atoms with van der Waals surface area (Å²) in [5.41, 5.74) is 2.63. The molecule has 0 spiro atoms. The molecule has 2 rings (SSSR count). The largest absolute Gasteiger partial charge is 0.127 e. The molecule has 1 aromatic rings. The van der Waals surface area contributed by atoms with Gasteiger partial charge in [0, 0.05) is 17.9 Å². The van der Waals surface area contributed by atoms with Crippen LogP contribution in [0.2, 0.25) is 0 Å². The summed E-state index contributed by atoms with van der Waals surface area (Å²) in [6, 6.07) is 8.86. The Morgan fingerprint density at radius 2 is 1.78 bits per heavy atom.